The van der Waals surface area contributed by atoms with Crippen LogP contribution in [-0.4, -0.2) is 273 Å². The number of carbonyl (C=O) groups is 7. The van der Waals surface area contributed by atoms with Gasteiger partial charge in [-0.25, -0.2) is 0 Å². The number of carbonyl (C=O) groups excluding carboxylic acids is 5. The molecule has 0 radical (unpaired) electrons. The number of aliphatic hydroxyl groups is 1. The highest BCUT2D eigenvalue weighted by atomic mass is 16.6. The first-order chi connectivity index (χ1) is 46.8. The van der Waals surface area contributed by atoms with E-state index in [2.05, 4.69) is 38.8 Å². The number of aliphatic carboxylic acids is 2. The molecule has 5 amide bonds. The summed E-state index contributed by atoms with van der Waals surface area (Å²) in [6.45, 7) is 15.1. The summed E-state index contributed by atoms with van der Waals surface area (Å²) in [7, 11) is 0. The molecule has 0 aliphatic carbocycles. The van der Waals surface area contributed by atoms with Crippen LogP contribution in [0, 0.1) is 0 Å². The molecule has 29 nitrogen and oxygen atoms in total. The van der Waals surface area contributed by atoms with Gasteiger partial charge in [0.1, 0.15) is 11.8 Å². The van der Waals surface area contributed by atoms with Gasteiger partial charge in [0, 0.05) is 84.5 Å². The molecule has 0 heterocycles. The number of ether oxygens (including phenoxy) is 13. The van der Waals surface area contributed by atoms with E-state index in [-0.39, 0.29) is 108 Å². The van der Waals surface area contributed by atoms with Crippen molar-refractivity contribution in [3.63, 3.8) is 0 Å². The molecule has 0 rings (SSSR count). The Morgan fingerprint density at radius 3 is 0.969 bits per heavy atom. The van der Waals surface area contributed by atoms with Crippen molar-refractivity contribution in [1.82, 2.24) is 31.9 Å². The van der Waals surface area contributed by atoms with E-state index in [1.807, 2.05) is 6.92 Å². The number of hydrogen-bond donors (Lipinski definition) is 9. The Balaban J connectivity index is 4.78. The summed E-state index contributed by atoms with van der Waals surface area (Å²) in [5.74, 6) is -2.17. The predicted octanol–water partition coefficient (Wildman–Crippen LogP) is 4.39. The molecule has 0 aromatic rings. The number of rotatable bonds is 78. The van der Waals surface area contributed by atoms with E-state index in [9.17, 15) is 38.7 Å². The molecule has 29 heteroatoms. The van der Waals surface area contributed by atoms with Crippen LogP contribution >= 0.6 is 0 Å². The fraction of sp³-hybridized carbons (Fsp3) is 0.896. The van der Waals surface area contributed by atoms with Crippen molar-refractivity contribution in [1.29, 1.82) is 0 Å². The van der Waals surface area contributed by atoms with Gasteiger partial charge < -0.3 is 103 Å². The predicted molar refractivity (Wildman–Crippen MR) is 360 cm³/mol. The van der Waals surface area contributed by atoms with Gasteiger partial charge >= 0.3 is 11.9 Å². The Morgan fingerprint density at radius 1 is 0.292 bits per heavy atom. The first kappa shape index (κ1) is 91.7. The normalized spacial score (nSPS) is 12.3. The topological polar surface area (TPSA) is 372 Å². The van der Waals surface area contributed by atoms with Crippen molar-refractivity contribution in [2.45, 2.75) is 186 Å². The molecule has 9 N–H and O–H groups in total. The fourth-order valence-electron chi connectivity index (χ4n) is 8.86. The van der Waals surface area contributed by atoms with Gasteiger partial charge in [0.05, 0.1) is 165 Å². The minimum atomic E-state index is -1.11. The summed E-state index contributed by atoms with van der Waals surface area (Å²) in [4.78, 5) is 83.5. The van der Waals surface area contributed by atoms with Crippen LogP contribution in [0.1, 0.15) is 174 Å². The van der Waals surface area contributed by atoms with Crippen LogP contribution in [0.2, 0.25) is 0 Å². The van der Waals surface area contributed by atoms with E-state index in [1.165, 1.54) is 0 Å². The van der Waals surface area contributed by atoms with Crippen LogP contribution in [0.4, 0.5) is 0 Å². The lowest BCUT2D eigenvalue weighted by molar-refractivity contribution is -0.170. The van der Waals surface area contributed by atoms with Crippen molar-refractivity contribution >= 4 is 41.5 Å². The number of nitrogens with one attached hydrogen (secondary N) is 6. The van der Waals surface area contributed by atoms with E-state index in [0.29, 0.717) is 171 Å². The van der Waals surface area contributed by atoms with Crippen molar-refractivity contribution in [2.75, 3.05) is 204 Å². The summed E-state index contributed by atoms with van der Waals surface area (Å²) in [6, 6.07) is 0. The second-order valence-corrected chi connectivity index (χ2v) is 23.0. The van der Waals surface area contributed by atoms with E-state index >= 15 is 0 Å². The number of unbranched alkanes of at least 4 members (excludes halogenated alkanes) is 12. The Hall–Kier alpha value is -4.31. The van der Waals surface area contributed by atoms with Gasteiger partial charge in [0.25, 0.3) is 0 Å². The lowest BCUT2D eigenvalue weighted by Crippen LogP contribution is -2.48. The zero-order valence-electron chi connectivity index (χ0n) is 58.7. The third kappa shape index (κ3) is 69.6. The van der Waals surface area contributed by atoms with E-state index in [1.54, 1.807) is 0 Å². The average molecular weight is 1390 g/mol. The molecule has 2 atom stereocenters. The summed E-state index contributed by atoms with van der Waals surface area (Å²) in [5.41, 5.74) is -1.11. The van der Waals surface area contributed by atoms with E-state index in [0.717, 1.165) is 116 Å². The van der Waals surface area contributed by atoms with Gasteiger partial charge in [-0.1, -0.05) is 71.6 Å². The van der Waals surface area contributed by atoms with Crippen LogP contribution < -0.4 is 31.9 Å². The molecule has 564 valence electrons. The maximum atomic E-state index is 13.0. The van der Waals surface area contributed by atoms with Crippen molar-refractivity contribution < 1.29 is 110 Å². The summed E-state index contributed by atoms with van der Waals surface area (Å²) < 4.78 is 73.0. The number of carboxylic acid groups (broad SMARTS) is 2. The molecule has 0 aliphatic rings. The maximum Gasteiger partial charge on any atom is 0.305 e. The SMILES string of the molecule is CCCOCCOCCOCCNC(=O)CCCCCCCNC(=O)CCOC[C@](COCCC)(COCCC(O)NCCCCCCCC(=O)NCCOCCOCCOCCC(=O)O)OCCC(=O)NCCCCCCCC(=O)NCCOCCOCCOCCC(=O)O. The smallest absolute Gasteiger partial charge is 0.305 e. The molecule has 0 bridgehead atoms. The van der Waals surface area contributed by atoms with Gasteiger partial charge in [0.2, 0.25) is 29.5 Å². The number of hydrogen-bond acceptors (Lipinski definition) is 22. The third-order valence-electron chi connectivity index (χ3n) is 14.2. The second kappa shape index (κ2) is 72.0. The first-order valence-electron chi connectivity index (χ1n) is 35.6. The van der Waals surface area contributed by atoms with Crippen LogP contribution in [0.15, 0.2) is 0 Å². The molecule has 0 aromatic carbocycles. The quantitative estimate of drug-likeness (QED) is 0.0301. The Morgan fingerprint density at radius 2 is 0.573 bits per heavy atom. The van der Waals surface area contributed by atoms with Crippen LogP contribution in [0.25, 0.3) is 0 Å². The first-order valence-corrected chi connectivity index (χ1v) is 35.6. The number of carboxylic acids is 2. The summed E-state index contributed by atoms with van der Waals surface area (Å²) in [5, 5.41) is 45.7. The molecule has 96 heavy (non-hydrogen) atoms. The average Bonchev–Trinajstić information content (AvgIpc) is 1.51. The van der Waals surface area contributed by atoms with Gasteiger partial charge in [-0.15, -0.1) is 0 Å². The lowest BCUT2D eigenvalue weighted by atomic mass is 10.1. The minimum absolute atomic E-state index is 0.00669. The van der Waals surface area contributed by atoms with Crippen LogP contribution in [0.3, 0.4) is 0 Å². The molecular formula is C67H128N6O23. The monoisotopic (exact) mass is 1380 g/mol. The highest BCUT2D eigenvalue weighted by molar-refractivity contribution is 5.77. The lowest BCUT2D eigenvalue weighted by Gasteiger charge is -2.33. The Bertz CT molecular complexity index is 1840. The molecule has 0 spiro atoms. The molecule has 0 aliphatic heterocycles. The third-order valence-corrected chi connectivity index (χ3v) is 14.2. The molecule has 1 unspecified atom stereocenters. The van der Waals surface area contributed by atoms with Crippen molar-refractivity contribution in [2.24, 2.45) is 0 Å². The van der Waals surface area contributed by atoms with E-state index < -0.39 is 23.8 Å². The maximum absolute atomic E-state index is 13.0. The van der Waals surface area contributed by atoms with Crippen molar-refractivity contribution in [3.05, 3.63) is 0 Å². The van der Waals surface area contributed by atoms with Gasteiger partial charge in [-0.2, -0.15) is 0 Å². The summed E-state index contributed by atoms with van der Waals surface area (Å²) in [6.07, 6.45) is 15.8. The molecular weight excluding hydrogens is 1260 g/mol. The van der Waals surface area contributed by atoms with Gasteiger partial charge in [0.15, 0.2) is 0 Å². The molecule has 0 fully saturated rings. The highest BCUT2D eigenvalue weighted by Gasteiger charge is 2.33. The zero-order valence-corrected chi connectivity index (χ0v) is 58.7. The highest BCUT2D eigenvalue weighted by Crippen LogP contribution is 2.17. The standard InChI is InChI=1S/C67H128N6O23/c1-3-34-84-44-50-90-53-47-87-41-31-71-59(74)20-14-8-5-11-17-28-68-62(77)23-36-94-57-67(56-93-35-4-2,96-40-25-64(79)70-30-19-13-7-10-16-22-61(76)73-33-43-89-49-55-92-52-46-86-39-27-66(82)83)58-95-37-24-63(78)69-29-18-12-6-9-15-21-60(75)72-32-42-88-48-54-91-51-45-85-38-26-65(80)81/h63,69,78H,3-58H2,1-2H3,(H,68,77)(H,70,79)(H,71,74)(H,72,75)(H,73,76)(H,80,81)(H,82,83)/t63?,67-/m1/s1. The largest absolute Gasteiger partial charge is 0.481 e. The number of amides is 5. The minimum Gasteiger partial charge on any atom is -0.481 e. The number of aliphatic hydroxyl groups excluding tert-OH is 1. The second-order valence-electron chi connectivity index (χ2n) is 23.0. The van der Waals surface area contributed by atoms with Crippen LogP contribution in [-0.2, 0) is 95.1 Å². The fourth-order valence-corrected chi connectivity index (χ4v) is 8.86. The summed E-state index contributed by atoms with van der Waals surface area (Å²) >= 11 is 0. The molecule has 0 saturated carbocycles. The molecule has 0 saturated heterocycles. The van der Waals surface area contributed by atoms with Gasteiger partial charge in [-0.05, 0) is 57.9 Å². The zero-order chi connectivity index (χ0) is 70.2. The van der Waals surface area contributed by atoms with Crippen LogP contribution in [0.5, 0.6) is 0 Å². The molecule has 0 aromatic heterocycles. The Labute approximate surface area is 572 Å². The van der Waals surface area contributed by atoms with E-state index in [4.69, 9.17) is 71.8 Å². The van der Waals surface area contributed by atoms with Crippen molar-refractivity contribution in [3.8, 4) is 0 Å². The van der Waals surface area contributed by atoms with Gasteiger partial charge in [-0.3, -0.25) is 38.9 Å². The Kier molecular flexibility index (Phi) is 68.7.